The van der Waals surface area contributed by atoms with Crippen molar-refractivity contribution < 1.29 is 14.0 Å². The fourth-order valence-corrected chi connectivity index (χ4v) is 2.14. The molecule has 0 unspecified atom stereocenters. The number of amides is 2. The van der Waals surface area contributed by atoms with Crippen molar-refractivity contribution in [2.75, 3.05) is 5.32 Å². The van der Waals surface area contributed by atoms with Gasteiger partial charge in [0, 0.05) is 23.5 Å². The molecule has 0 saturated heterocycles. The van der Waals surface area contributed by atoms with E-state index in [9.17, 15) is 14.0 Å². The van der Waals surface area contributed by atoms with Crippen LogP contribution in [-0.2, 0) is 0 Å². The first-order valence-electron chi connectivity index (χ1n) is 7.06. The third kappa shape index (κ3) is 3.84. The summed E-state index contributed by atoms with van der Waals surface area (Å²) >= 11 is 5.68. The van der Waals surface area contributed by atoms with Crippen LogP contribution in [0.5, 0.6) is 0 Å². The predicted molar refractivity (Wildman–Crippen MR) is 84.1 cm³/mol. The Morgan fingerprint density at radius 1 is 1.17 bits per heavy atom. The number of nitrogens with zero attached hydrogens (tertiary/aromatic N) is 1. The molecule has 0 aliphatic heterocycles. The van der Waals surface area contributed by atoms with Gasteiger partial charge in [-0.1, -0.05) is 11.6 Å². The lowest BCUT2D eigenvalue weighted by molar-refractivity contribution is 0.0946. The van der Waals surface area contributed by atoms with Gasteiger partial charge in [-0.25, -0.2) is 4.39 Å². The lowest BCUT2D eigenvalue weighted by atomic mass is 10.2. The number of pyridine rings is 1. The van der Waals surface area contributed by atoms with Crippen LogP contribution in [0.25, 0.3) is 0 Å². The predicted octanol–water partition coefficient (Wildman–Crippen LogP) is 3.02. The van der Waals surface area contributed by atoms with E-state index in [4.69, 9.17) is 11.6 Å². The van der Waals surface area contributed by atoms with Crippen LogP contribution in [0.4, 0.5) is 10.1 Å². The van der Waals surface area contributed by atoms with E-state index in [-0.39, 0.29) is 28.2 Å². The summed E-state index contributed by atoms with van der Waals surface area (Å²) < 4.78 is 13.1. The molecule has 1 aliphatic carbocycles. The molecule has 0 bridgehead atoms. The van der Waals surface area contributed by atoms with Crippen LogP contribution in [-0.4, -0.2) is 22.8 Å². The Balaban J connectivity index is 1.73. The molecule has 5 nitrogen and oxygen atoms in total. The zero-order valence-electron chi connectivity index (χ0n) is 12.0. The summed E-state index contributed by atoms with van der Waals surface area (Å²) in [6.07, 6.45) is 3.34. The number of aromatic nitrogens is 1. The molecule has 1 fully saturated rings. The van der Waals surface area contributed by atoms with Gasteiger partial charge in [-0.15, -0.1) is 0 Å². The summed E-state index contributed by atoms with van der Waals surface area (Å²) in [5.41, 5.74) is 0.824. The maximum Gasteiger partial charge on any atom is 0.270 e. The second-order valence-electron chi connectivity index (χ2n) is 5.26. The topological polar surface area (TPSA) is 71.1 Å². The van der Waals surface area contributed by atoms with Gasteiger partial charge in [-0.3, -0.25) is 14.6 Å². The van der Waals surface area contributed by atoms with E-state index in [0.717, 1.165) is 12.8 Å². The first-order chi connectivity index (χ1) is 11.0. The molecule has 3 rings (SSSR count). The number of anilines is 1. The first-order valence-corrected chi connectivity index (χ1v) is 7.44. The van der Waals surface area contributed by atoms with Crippen molar-refractivity contribution in [3.05, 3.63) is 58.6 Å². The molecule has 1 saturated carbocycles. The summed E-state index contributed by atoms with van der Waals surface area (Å²) in [5.74, 6) is -1.30. The van der Waals surface area contributed by atoms with E-state index in [2.05, 4.69) is 15.6 Å². The van der Waals surface area contributed by atoms with Gasteiger partial charge < -0.3 is 10.6 Å². The molecule has 0 spiro atoms. The summed E-state index contributed by atoms with van der Waals surface area (Å²) in [6.45, 7) is 0. The normalized spacial score (nSPS) is 13.5. The minimum Gasteiger partial charge on any atom is -0.348 e. The number of carbonyl (C=O) groups is 2. The fourth-order valence-electron chi connectivity index (χ4n) is 1.96. The molecular weight excluding hydrogens is 321 g/mol. The van der Waals surface area contributed by atoms with Gasteiger partial charge in [0.05, 0.1) is 5.02 Å². The van der Waals surface area contributed by atoms with Crippen molar-refractivity contribution in [2.45, 2.75) is 18.9 Å². The summed E-state index contributed by atoms with van der Waals surface area (Å²) in [7, 11) is 0. The van der Waals surface area contributed by atoms with Crippen LogP contribution in [0.15, 0.2) is 36.5 Å². The zero-order chi connectivity index (χ0) is 16.4. The van der Waals surface area contributed by atoms with E-state index in [1.165, 1.54) is 36.5 Å². The van der Waals surface area contributed by atoms with Gasteiger partial charge in [-0.05, 0) is 43.2 Å². The van der Waals surface area contributed by atoms with Crippen molar-refractivity contribution >= 4 is 29.1 Å². The molecule has 2 amide bonds. The van der Waals surface area contributed by atoms with Gasteiger partial charge in [0.1, 0.15) is 11.5 Å². The van der Waals surface area contributed by atoms with Crippen molar-refractivity contribution in [3.8, 4) is 0 Å². The van der Waals surface area contributed by atoms with Crippen molar-refractivity contribution in [3.63, 3.8) is 0 Å². The Labute approximate surface area is 136 Å². The second kappa shape index (κ2) is 6.34. The minimum atomic E-state index is -0.562. The fraction of sp³-hybridized carbons (Fsp3) is 0.188. The SMILES string of the molecule is O=C(Nc1ccc(F)c(Cl)c1)c1ccnc(C(=O)NC2CC2)c1. The molecule has 0 radical (unpaired) electrons. The van der Waals surface area contributed by atoms with E-state index in [1.807, 2.05) is 0 Å². The lowest BCUT2D eigenvalue weighted by Crippen LogP contribution is -2.26. The van der Waals surface area contributed by atoms with Crippen molar-refractivity contribution in [1.82, 2.24) is 10.3 Å². The number of nitrogens with one attached hydrogen (secondary N) is 2. The highest BCUT2D eigenvalue weighted by atomic mass is 35.5. The quantitative estimate of drug-likeness (QED) is 0.903. The van der Waals surface area contributed by atoms with E-state index in [1.54, 1.807) is 0 Å². The molecular formula is C16H13ClFN3O2. The zero-order valence-corrected chi connectivity index (χ0v) is 12.7. The number of halogens is 2. The third-order valence-electron chi connectivity index (χ3n) is 3.34. The van der Waals surface area contributed by atoms with Gasteiger partial charge in [0.25, 0.3) is 11.8 Å². The summed E-state index contributed by atoms with van der Waals surface area (Å²) in [4.78, 5) is 28.1. The molecule has 23 heavy (non-hydrogen) atoms. The highest BCUT2D eigenvalue weighted by Gasteiger charge is 2.24. The Morgan fingerprint density at radius 2 is 1.96 bits per heavy atom. The highest BCUT2D eigenvalue weighted by molar-refractivity contribution is 6.31. The molecule has 1 aliphatic rings. The minimum absolute atomic E-state index is 0.0815. The number of hydrogen-bond acceptors (Lipinski definition) is 3. The number of carbonyl (C=O) groups excluding carboxylic acids is 2. The standard InChI is InChI=1S/C16H13ClFN3O2/c17-12-8-11(3-4-13(12)18)21-15(22)9-5-6-19-14(7-9)16(23)20-10-1-2-10/h3-8,10H,1-2H2,(H,20,23)(H,21,22). The number of benzene rings is 1. The Morgan fingerprint density at radius 3 is 2.65 bits per heavy atom. The van der Waals surface area contributed by atoms with Gasteiger partial charge >= 0.3 is 0 Å². The largest absolute Gasteiger partial charge is 0.348 e. The molecule has 1 heterocycles. The van der Waals surface area contributed by atoms with Crippen LogP contribution in [0.3, 0.4) is 0 Å². The first kappa shape index (κ1) is 15.4. The van der Waals surface area contributed by atoms with Crippen LogP contribution in [0.2, 0.25) is 5.02 Å². The Kier molecular flexibility index (Phi) is 4.25. The van der Waals surface area contributed by atoms with Gasteiger partial charge in [0.15, 0.2) is 0 Å². The van der Waals surface area contributed by atoms with Crippen LogP contribution in [0, 0.1) is 5.82 Å². The molecule has 2 N–H and O–H groups in total. The number of hydrogen-bond donors (Lipinski definition) is 2. The molecule has 118 valence electrons. The maximum atomic E-state index is 13.1. The molecule has 7 heteroatoms. The van der Waals surface area contributed by atoms with E-state index < -0.39 is 11.7 Å². The summed E-state index contributed by atoms with van der Waals surface area (Å²) in [6, 6.07) is 7.01. The molecule has 1 aromatic heterocycles. The summed E-state index contributed by atoms with van der Waals surface area (Å²) in [5, 5.41) is 5.32. The van der Waals surface area contributed by atoms with Crippen LogP contribution in [0.1, 0.15) is 33.7 Å². The van der Waals surface area contributed by atoms with E-state index in [0.29, 0.717) is 5.69 Å². The average Bonchev–Trinajstić information content (AvgIpc) is 3.35. The monoisotopic (exact) mass is 333 g/mol. The lowest BCUT2D eigenvalue weighted by Gasteiger charge is -2.07. The maximum absolute atomic E-state index is 13.1. The molecule has 0 atom stereocenters. The average molecular weight is 334 g/mol. The highest BCUT2D eigenvalue weighted by Crippen LogP contribution is 2.21. The van der Waals surface area contributed by atoms with Crippen LogP contribution < -0.4 is 10.6 Å². The smallest absolute Gasteiger partial charge is 0.270 e. The van der Waals surface area contributed by atoms with Gasteiger partial charge in [0.2, 0.25) is 0 Å². The van der Waals surface area contributed by atoms with E-state index >= 15 is 0 Å². The number of rotatable bonds is 4. The van der Waals surface area contributed by atoms with Crippen LogP contribution >= 0.6 is 11.6 Å². The second-order valence-corrected chi connectivity index (χ2v) is 5.67. The molecule has 2 aromatic rings. The van der Waals surface area contributed by atoms with Crippen molar-refractivity contribution in [2.24, 2.45) is 0 Å². The third-order valence-corrected chi connectivity index (χ3v) is 3.63. The van der Waals surface area contributed by atoms with Crippen molar-refractivity contribution in [1.29, 1.82) is 0 Å². The Hall–Kier alpha value is -2.47. The van der Waals surface area contributed by atoms with Gasteiger partial charge in [-0.2, -0.15) is 0 Å². The Bertz CT molecular complexity index is 778. The molecule has 1 aromatic carbocycles.